The van der Waals surface area contributed by atoms with Gasteiger partial charge in [0.05, 0.1) is 17.5 Å². The zero-order valence-corrected chi connectivity index (χ0v) is 13.5. The number of rotatable bonds is 4. The number of thioether (sulfide) groups is 1. The van der Waals surface area contributed by atoms with Crippen molar-refractivity contribution in [1.29, 1.82) is 0 Å². The summed E-state index contributed by atoms with van der Waals surface area (Å²) in [4.78, 5) is 21.5. The molecule has 0 aliphatic heterocycles. The van der Waals surface area contributed by atoms with Crippen molar-refractivity contribution in [2.24, 2.45) is 0 Å². The van der Waals surface area contributed by atoms with Gasteiger partial charge in [-0.3, -0.25) is 4.79 Å². The lowest BCUT2D eigenvalue weighted by Gasteiger charge is -2.20. The third kappa shape index (κ3) is 2.65. The molecule has 0 radical (unpaired) electrons. The summed E-state index contributed by atoms with van der Waals surface area (Å²) in [6, 6.07) is 3.76. The van der Waals surface area contributed by atoms with Crippen molar-refractivity contribution in [3.63, 3.8) is 0 Å². The van der Waals surface area contributed by atoms with E-state index in [2.05, 4.69) is 22.0 Å². The minimum atomic E-state index is 0.0526. The fraction of sp³-hybridized carbons (Fsp3) is 0.375. The Morgan fingerprint density at radius 2 is 2.30 bits per heavy atom. The molecule has 1 aliphatic rings. The molecule has 6 nitrogen and oxygen atoms in total. The number of ketones is 1. The van der Waals surface area contributed by atoms with Gasteiger partial charge in [0.15, 0.2) is 5.78 Å². The molecule has 7 heteroatoms. The molecular weight excluding hydrogens is 312 g/mol. The maximum atomic E-state index is 12.5. The monoisotopic (exact) mass is 328 g/mol. The normalized spacial score (nSPS) is 17.6. The van der Waals surface area contributed by atoms with Gasteiger partial charge in [0, 0.05) is 30.7 Å². The van der Waals surface area contributed by atoms with Crippen molar-refractivity contribution in [3.05, 3.63) is 41.6 Å². The highest BCUT2D eigenvalue weighted by atomic mass is 32.2. The number of carbonyl (C=O) groups is 1. The molecule has 3 aromatic rings. The number of nitrogens with zero attached hydrogens (tertiary/aromatic N) is 4. The molecule has 0 aromatic carbocycles. The lowest BCUT2D eigenvalue weighted by Crippen LogP contribution is -2.21. The van der Waals surface area contributed by atoms with Crippen molar-refractivity contribution in [1.82, 2.24) is 19.6 Å². The quantitative estimate of drug-likeness (QED) is 0.685. The maximum absolute atomic E-state index is 12.5. The summed E-state index contributed by atoms with van der Waals surface area (Å²) < 4.78 is 7.07. The van der Waals surface area contributed by atoms with Crippen molar-refractivity contribution in [2.75, 3.05) is 5.75 Å². The van der Waals surface area contributed by atoms with E-state index in [1.54, 1.807) is 28.7 Å². The molecule has 0 bridgehead atoms. The third-order valence-corrected chi connectivity index (χ3v) is 4.99. The average Bonchev–Trinajstić information content (AvgIpc) is 3.20. The first-order chi connectivity index (χ1) is 11.2. The largest absolute Gasteiger partial charge is 0.469 e. The minimum absolute atomic E-state index is 0.0526. The summed E-state index contributed by atoms with van der Waals surface area (Å²) in [5, 5.41) is 5.10. The maximum Gasteiger partial charge on any atom is 0.253 e. The zero-order valence-electron chi connectivity index (χ0n) is 12.7. The van der Waals surface area contributed by atoms with Gasteiger partial charge >= 0.3 is 0 Å². The van der Waals surface area contributed by atoms with E-state index in [0.717, 1.165) is 23.6 Å². The van der Waals surface area contributed by atoms with Crippen molar-refractivity contribution >= 4 is 23.3 Å². The molecule has 1 atom stereocenters. The summed E-state index contributed by atoms with van der Waals surface area (Å²) in [6.07, 6.45) is 5.60. The Labute approximate surface area is 137 Å². The van der Waals surface area contributed by atoms with E-state index in [1.807, 2.05) is 12.1 Å². The fourth-order valence-corrected chi connectivity index (χ4v) is 3.52. The molecule has 118 valence electrons. The lowest BCUT2D eigenvalue weighted by atomic mass is 9.85. The second-order valence-corrected chi connectivity index (χ2v) is 6.69. The summed E-state index contributed by atoms with van der Waals surface area (Å²) in [7, 11) is 0. The summed E-state index contributed by atoms with van der Waals surface area (Å²) in [5.74, 6) is 2.49. The van der Waals surface area contributed by atoms with Crippen molar-refractivity contribution in [3.8, 4) is 0 Å². The fourth-order valence-electron chi connectivity index (χ4n) is 2.84. The van der Waals surface area contributed by atoms with Gasteiger partial charge in [-0.05, 0) is 18.6 Å². The summed E-state index contributed by atoms with van der Waals surface area (Å²) in [5.41, 5.74) is 1.44. The van der Waals surface area contributed by atoms with Crippen molar-refractivity contribution in [2.45, 2.75) is 37.3 Å². The van der Waals surface area contributed by atoms with Crippen molar-refractivity contribution < 1.29 is 9.21 Å². The minimum Gasteiger partial charge on any atom is -0.469 e. The standard InChI is InChI=1S/C16H16N4O2S/c1-2-6-23-16-18-15-17-12-7-10(14-4-3-5-22-14)8-13(21)11(12)9-20(15)19-16/h3-5,9-10H,2,6-8H2,1H3. The van der Waals surface area contributed by atoms with Gasteiger partial charge in [0.1, 0.15) is 5.76 Å². The van der Waals surface area contributed by atoms with Crippen LogP contribution in [-0.2, 0) is 6.42 Å². The predicted molar refractivity (Wildman–Crippen MR) is 85.9 cm³/mol. The van der Waals surface area contributed by atoms with Gasteiger partial charge in [-0.25, -0.2) is 9.50 Å². The molecule has 3 aromatic heterocycles. The molecule has 0 N–H and O–H groups in total. The van der Waals surface area contributed by atoms with Crippen LogP contribution in [0.15, 0.2) is 34.2 Å². The van der Waals surface area contributed by atoms with Gasteiger partial charge in [0.2, 0.25) is 5.16 Å². The Kier molecular flexibility index (Phi) is 3.65. The lowest BCUT2D eigenvalue weighted by molar-refractivity contribution is 0.0958. The van der Waals surface area contributed by atoms with Crippen LogP contribution in [0.4, 0.5) is 0 Å². The molecule has 4 rings (SSSR count). The van der Waals surface area contributed by atoms with Gasteiger partial charge in [-0.15, -0.1) is 5.10 Å². The van der Waals surface area contributed by atoms with Crippen LogP contribution < -0.4 is 0 Å². The molecule has 0 amide bonds. The Balaban J connectivity index is 1.70. The average molecular weight is 328 g/mol. The molecule has 23 heavy (non-hydrogen) atoms. The Morgan fingerprint density at radius 3 is 3.09 bits per heavy atom. The summed E-state index contributed by atoms with van der Waals surface area (Å²) >= 11 is 1.61. The molecule has 0 spiro atoms. The van der Waals surface area contributed by atoms with Crippen LogP contribution in [0.1, 0.15) is 47.5 Å². The molecule has 0 saturated carbocycles. The Morgan fingerprint density at radius 1 is 1.39 bits per heavy atom. The van der Waals surface area contributed by atoms with Crippen LogP contribution >= 0.6 is 11.8 Å². The second-order valence-electron chi connectivity index (χ2n) is 5.63. The SMILES string of the molecule is CCCSc1nc2nc3c(cn2n1)C(=O)CC(c1ccco1)C3. The topological polar surface area (TPSA) is 73.3 Å². The first-order valence-electron chi connectivity index (χ1n) is 7.70. The molecule has 0 fully saturated rings. The Hall–Kier alpha value is -2.15. The summed E-state index contributed by atoms with van der Waals surface area (Å²) in [6.45, 7) is 2.12. The smallest absolute Gasteiger partial charge is 0.253 e. The highest BCUT2D eigenvalue weighted by Crippen LogP contribution is 2.32. The number of hydrogen-bond acceptors (Lipinski definition) is 6. The van der Waals surface area contributed by atoms with Gasteiger partial charge in [-0.2, -0.15) is 4.98 Å². The number of carbonyl (C=O) groups excluding carboxylic acids is 1. The Bertz CT molecular complexity index is 856. The number of furan rings is 1. The first-order valence-corrected chi connectivity index (χ1v) is 8.69. The molecule has 0 saturated heterocycles. The van der Waals surface area contributed by atoms with Gasteiger partial charge < -0.3 is 4.42 Å². The van der Waals surface area contributed by atoms with E-state index >= 15 is 0 Å². The van der Waals surface area contributed by atoms with Crippen LogP contribution in [0.3, 0.4) is 0 Å². The van der Waals surface area contributed by atoms with E-state index in [4.69, 9.17) is 4.42 Å². The highest BCUT2D eigenvalue weighted by Gasteiger charge is 2.30. The molecule has 1 aliphatic carbocycles. The molecular formula is C16H16N4O2S. The van der Waals surface area contributed by atoms with Crippen LogP contribution in [0, 0.1) is 0 Å². The number of Topliss-reactive ketones (excluding diaryl/α,β-unsaturated/α-hetero) is 1. The molecule has 3 heterocycles. The van der Waals surface area contributed by atoms with Crippen LogP contribution in [0.5, 0.6) is 0 Å². The van der Waals surface area contributed by atoms with E-state index in [9.17, 15) is 4.79 Å². The number of aromatic nitrogens is 4. The second kappa shape index (κ2) is 5.81. The van der Waals surface area contributed by atoms with E-state index < -0.39 is 0 Å². The van der Waals surface area contributed by atoms with Gasteiger partial charge in [0.25, 0.3) is 5.78 Å². The van der Waals surface area contributed by atoms with Crippen LogP contribution in [0.25, 0.3) is 5.78 Å². The van der Waals surface area contributed by atoms with Crippen LogP contribution in [-0.4, -0.2) is 31.1 Å². The third-order valence-electron chi connectivity index (χ3n) is 3.94. The van der Waals surface area contributed by atoms with E-state index in [-0.39, 0.29) is 11.7 Å². The number of fused-ring (bicyclic) bond motifs is 2. The highest BCUT2D eigenvalue weighted by molar-refractivity contribution is 7.99. The van der Waals surface area contributed by atoms with Gasteiger partial charge in [-0.1, -0.05) is 18.7 Å². The van der Waals surface area contributed by atoms with E-state index in [0.29, 0.717) is 29.3 Å². The predicted octanol–water partition coefficient (Wildman–Crippen LogP) is 3.13. The molecule has 1 unspecified atom stereocenters. The zero-order chi connectivity index (χ0) is 15.8. The number of hydrogen-bond donors (Lipinski definition) is 0. The van der Waals surface area contributed by atoms with Crippen LogP contribution in [0.2, 0.25) is 0 Å². The first kappa shape index (κ1) is 14.4. The van der Waals surface area contributed by atoms with E-state index in [1.165, 1.54) is 0 Å².